The number of nitrogen functional groups attached to an aromatic ring is 1. The molecule has 6 heteroatoms. The Morgan fingerprint density at radius 2 is 2.05 bits per heavy atom. The van der Waals surface area contributed by atoms with Gasteiger partial charge in [-0.1, -0.05) is 18.2 Å². The predicted molar refractivity (Wildman–Crippen MR) is 71.4 cm³/mol. The van der Waals surface area contributed by atoms with Crippen molar-refractivity contribution in [2.45, 2.75) is 13.0 Å². The lowest BCUT2D eigenvalue weighted by Crippen LogP contribution is -2.12. The van der Waals surface area contributed by atoms with E-state index in [4.69, 9.17) is 10.5 Å². The molecule has 0 amide bonds. The summed E-state index contributed by atoms with van der Waals surface area (Å²) in [6.45, 7) is 1.83. The molecular formula is C13H15FN4O. The lowest BCUT2D eigenvalue weighted by atomic mass is 10.1. The van der Waals surface area contributed by atoms with Gasteiger partial charge in [0, 0.05) is 5.56 Å². The Labute approximate surface area is 110 Å². The third-order valence-corrected chi connectivity index (χ3v) is 2.77. The van der Waals surface area contributed by atoms with Gasteiger partial charge in [0.2, 0.25) is 5.88 Å². The molecule has 5 nitrogen and oxygen atoms in total. The highest BCUT2D eigenvalue weighted by Crippen LogP contribution is 2.28. The van der Waals surface area contributed by atoms with Crippen molar-refractivity contribution in [3.8, 4) is 5.88 Å². The summed E-state index contributed by atoms with van der Waals surface area (Å²) >= 11 is 0. The first-order chi connectivity index (χ1) is 9.13. The van der Waals surface area contributed by atoms with Gasteiger partial charge in [0.25, 0.3) is 0 Å². The maximum atomic E-state index is 13.7. The first-order valence-electron chi connectivity index (χ1n) is 5.79. The van der Waals surface area contributed by atoms with E-state index in [1.54, 1.807) is 18.2 Å². The van der Waals surface area contributed by atoms with Crippen molar-refractivity contribution in [2.24, 2.45) is 0 Å². The van der Waals surface area contributed by atoms with Crippen LogP contribution in [0, 0.1) is 5.82 Å². The Kier molecular flexibility index (Phi) is 3.79. The van der Waals surface area contributed by atoms with Crippen LogP contribution in [0.15, 0.2) is 30.6 Å². The third-order valence-electron chi connectivity index (χ3n) is 2.77. The summed E-state index contributed by atoms with van der Waals surface area (Å²) in [5.41, 5.74) is 6.69. The van der Waals surface area contributed by atoms with E-state index < -0.39 is 0 Å². The Morgan fingerprint density at radius 3 is 2.74 bits per heavy atom. The van der Waals surface area contributed by atoms with Crippen LogP contribution in [0.4, 0.5) is 15.9 Å². The molecule has 0 aliphatic heterocycles. The van der Waals surface area contributed by atoms with Crippen LogP contribution in [0.2, 0.25) is 0 Å². The second-order valence-electron chi connectivity index (χ2n) is 4.03. The van der Waals surface area contributed by atoms with E-state index >= 15 is 0 Å². The van der Waals surface area contributed by atoms with Crippen LogP contribution < -0.4 is 15.8 Å². The van der Waals surface area contributed by atoms with E-state index in [0.717, 1.165) is 0 Å². The zero-order valence-corrected chi connectivity index (χ0v) is 10.7. The van der Waals surface area contributed by atoms with Crippen molar-refractivity contribution in [2.75, 3.05) is 18.2 Å². The van der Waals surface area contributed by atoms with Gasteiger partial charge >= 0.3 is 0 Å². The number of methoxy groups -OCH3 is 1. The summed E-state index contributed by atoms with van der Waals surface area (Å²) in [5.74, 6) is 0.433. The first kappa shape index (κ1) is 13.1. The molecule has 100 valence electrons. The fourth-order valence-corrected chi connectivity index (χ4v) is 1.77. The van der Waals surface area contributed by atoms with Crippen molar-refractivity contribution in [1.82, 2.24) is 9.97 Å². The zero-order chi connectivity index (χ0) is 13.8. The van der Waals surface area contributed by atoms with Crippen molar-refractivity contribution in [3.05, 3.63) is 42.0 Å². The number of nitrogens with zero attached hydrogens (tertiary/aromatic N) is 2. The number of hydrogen-bond acceptors (Lipinski definition) is 5. The van der Waals surface area contributed by atoms with Gasteiger partial charge in [-0.15, -0.1) is 0 Å². The monoisotopic (exact) mass is 262 g/mol. The van der Waals surface area contributed by atoms with E-state index in [-0.39, 0.29) is 11.9 Å². The highest BCUT2D eigenvalue weighted by Gasteiger charge is 2.14. The van der Waals surface area contributed by atoms with E-state index in [2.05, 4.69) is 15.3 Å². The van der Waals surface area contributed by atoms with Crippen molar-refractivity contribution < 1.29 is 9.13 Å². The van der Waals surface area contributed by atoms with Crippen LogP contribution in [0.5, 0.6) is 5.88 Å². The number of ether oxygens (including phenoxy) is 1. The topological polar surface area (TPSA) is 73.1 Å². The number of halogens is 1. The SMILES string of the molecule is COc1ncnc(NC(C)c2ccccc2F)c1N. The van der Waals surface area contributed by atoms with Crippen LogP contribution in [0.1, 0.15) is 18.5 Å². The quantitative estimate of drug-likeness (QED) is 0.885. The number of anilines is 2. The molecule has 0 saturated heterocycles. The average molecular weight is 262 g/mol. The lowest BCUT2D eigenvalue weighted by Gasteiger charge is -2.17. The third kappa shape index (κ3) is 2.73. The van der Waals surface area contributed by atoms with Gasteiger partial charge in [-0.25, -0.2) is 9.37 Å². The van der Waals surface area contributed by atoms with Crippen LogP contribution in [-0.4, -0.2) is 17.1 Å². The van der Waals surface area contributed by atoms with Crippen molar-refractivity contribution in [3.63, 3.8) is 0 Å². The normalized spacial score (nSPS) is 11.9. The number of nitrogens with two attached hydrogens (primary N) is 1. The summed E-state index contributed by atoms with van der Waals surface area (Å²) in [4.78, 5) is 7.91. The number of rotatable bonds is 4. The fourth-order valence-electron chi connectivity index (χ4n) is 1.77. The highest BCUT2D eigenvalue weighted by atomic mass is 19.1. The van der Waals surface area contributed by atoms with Crippen molar-refractivity contribution >= 4 is 11.5 Å². The smallest absolute Gasteiger partial charge is 0.242 e. The van der Waals surface area contributed by atoms with E-state index in [9.17, 15) is 4.39 Å². The molecule has 0 saturated carbocycles. The molecular weight excluding hydrogens is 247 g/mol. The predicted octanol–water partition coefficient (Wildman–Crippen LogP) is 2.38. The Morgan fingerprint density at radius 1 is 1.32 bits per heavy atom. The van der Waals surface area contributed by atoms with Crippen molar-refractivity contribution in [1.29, 1.82) is 0 Å². The summed E-state index contributed by atoms with van der Waals surface area (Å²) in [6.07, 6.45) is 1.34. The number of nitrogens with one attached hydrogen (secondary N) is 1. The Bertz CT molecular complexity index is 576. The van der Waals surface area contributed by atoms with Gasteiger partial charge in [-0.05, 0) is 13.0 Å². The molecule has 1 atom stereocenters. The summed E-state index contributed by atoms with van der Waals surface area (Å²) in [7, 11) is 1.47. The summed E-state index contributed by atoms with van der Waals surface area (Å²) in [6, 6.07) is 6.27. The minimum atomic E-state index is -0.276. The zero-order valence-electron chi connectivity index (χ0n) is 10.7. The Balaban J connectivity index is 2.24. The van der Waals surface area contributed by atoms with E-state index in [0.29, 0.717) is 22.9 Å². The molecule has 1 aromatic carbocycles. The number of benzene rings is 1. The van der Waals surface area contributed by atoms with Crippen LogP contribution in [0.3, 0.4) is 0 Å². The molecule has 1 heterocycles. The average Bonchev–Trinajstić information content (AvgIpc) is 2.41. The van der Waals surface area contributed by atoms with E-state index in [1.165, 1.54) is 19.5 Å². The van der Waals surface area contributed by atoms with Gasteiger partial charge in [0.1, 0.15) is 17.8 Å². The Hall–Kier alpha value is -2.37. The second kappa shape index (κ2) is 5.51. The molecule has 2 rings (SSSR count). The minimum Gasteiger partial charge on any atom is -0.479 e. The van der Waals surface area contributed by atoms with Gasteiger partial charge in [-0.2, -0.15) is 4.98 Å². The van der Waals surface area contributed by atoms with Crippen LogP contribution >= 0.6 is 0 Å². The molecule has 0 radical (unpaired) electrons. The van der Waals surface area contributed by atoms with Crippen LogP contribution in [-0.2, 0) is 0 Å². The molecule has 1 aromatic heterocycles. The lowest BCUT2D eigenvalue weighted by molar-refractivity contribution is 0.399. The summed E-state index contributed by atoms with van der Waals surface area (Å²) < 4.78 is 18.7. The van der Waals surface area contributed by atoms with Gasteiger partial charge in [-0.3, -0.25) is 0 Å². The molecule has 19 heavy (non-hydrogen) atoms. The number of aromatic nitrogens is 2. The molecule has 0 bridgehead atoms. The molecule has 2 aromatic rings. The molecule has 0 fully saturated rings. The largest absolute Gasteiger partial charge is 0.479 e. The van der Waals surface area contributed by atoms with Gasteiger partial charge in [0.15, 0.2) is 5.82 Å². The molecule has 0 aliphatic carbocycles. The second-order valence-corrected chi connectivity index (χ2v) is 4.03. The van der Waals surface area contributed by atoms with Gasteiger partial charge < -0.3 is 15.8 Å². The molecule has 3 N–H and O–H groups in total. The highest BCUT2D eigenvalue weighted by molar-refractivity contribution is 5.66. The fraction of sp³-hybridized carbons (Fsp3) is 0.231. The molecule has 0 spiro atoms. The van der Waals surface area contributed by atoms with Gasteiger partial charge in [0.05, 0.1) is 13.2 Å². The maximum Gasteiger partial charge on any atom is 0.242 e. The molecule has 0 aliphatic rings. The maximum absolute atomic E-state index is 13.7. The molecule has 1 unspecified atom stereocenters. The standard InChI is InChI=1S/C13H15FN4O/c1-8(9-5-3-4-6-10(9)14)18-12-11(15)13(19-2)17-7-16-12/h3-8H,15H2,1-2H3,(H,16,17,18). The summed E-state index contributed by atoms with van der Waals surface area (Å²) in [5, 5.41) is 3.05. The number of hydrogen-bond donors (Lipinski definition) is 2. The van der Waals surface area contributed by atoms with E-state index in [1.807, 2.05) is 6.92 Å². The first-order valence-corrected chi connectivity index (χ1v) is 5.79. The van der Waals surface area contributed by atoms with Crippen LogP contribution in [0.25, 0.3) is 0 Å². The minimum absolute atomic E-state index is 0.275.